The number of anilines is 1. The lowest BCUT2D eigenvalue weighted by Gasteiger charge is -2.37. The Morgan fingerprint density at radius 2 is 2.03 bits per heavy atom. The number of piperazine rings is 1. The van der Waals surface area contributed by atoms with Gasteiger partial charge in [0.25, 0.3) is 0 Å². The molecule has 1 fully saturated rings. The lowest BCUT2D eigenvalue weighted by Crippen LogP contribution is -2.52. The Kier molecular flexibility index (Phi) is 7.71. The average Bonchev–Trinajstić information content (AvgIpc) is 3.05. The minimum Gasteiger partial charge on any atom is -0.385 e. The van der Waals surface area contributed by atoms with Crippen LogP contribution >= 0.6 is 11.6 Å². The molecule has 8 nitrogen and oxygen atoms in total. The van der Waals surface area contributed by atoms with E-state index in [0.29, 0.717) is 6.54 Å². The summed E-state index contributed by atoms with van der Waals surface area (Å²) >= 11 is 6.15. The van der Waals surface area contributed by atoms with Crippen molar-refractivity contribution in [3.63, 3.8) is 0 Å². The molecule has 158 valence electrons. The average molecular weight is 420 g/mol. The molecule has 1 aliphatic rings. The Bertz CT molecular complexity index is 815. The van der Waals surface area contributed by atoms with Crippen molar-refractivity contribution in [1.82, 2.24) is 25.0 Å². The maximum Gasteiger partial charge on any atom is 0.194 e. The van der Waals surface area contributed by atoms with Crippen molar-refractivity contribution in [3.05, 3.63) is 40.9 Å². The van der Waals surface area contributed by atoms with Crippen LogP contribution in [0.4, 0.5) is 5.69 Å². The molecule has 3 rings (SSSR count). The zero-order valence-corrected chi connectivity index (χ0v) is 18.2. The van der Waals surface area contributed by atoms with Gasteiger partial charge in [-0.15, -0.1) is 10.2 Å². The van der Waals surface area contributed by atoms with Gasteiger partial charge in [0.2, 0.25) is 0 Å². The fourth-order valence-electron chi connectivity index (χ4n) is 3.27. The molecule has 29 heavy (non-hydrogen) atoms. The van der Waals surface area contributed by atoms with E-state index in [1.165, 1.54) is 5.69 Å². The van der Waals surface area contributed by atoms with Gasteiger partial charge in [-0.2, -0.15) is 0 Å². The number of halogens is 1. The van der Waals surface area contributed by atoms with Crippen LogP contribution < -0.4 is 10.2 Å². The predicted molar refractivity (Wildman–Crippen MR) is 117 cm³/mol. The largest absolute Gasteiger partial charge is 0.385 e. The monoisotopic (exact) mass is 419 g/mol. The number of aromatic nitrogens is 3. The van der Waals surface area contributed by atoms with E-state index in [-0.39, 0.29) is 0 Å². The van der Waals surface area contributed by atoms with Crippen LogP contribution in [0.1, 0.15) is 18.1 Å². The van der Waals surface area contributed by atoms with Crippen molar-refractivity contribution in [1.29, 1.82) is 0 Å². The summed E-state index contributed by atoms with van der Waals surface area (Å²) in [6.45, 7) is 7.60. The number of aliphatic imine (C=N–C) groups is 1. The van der Waals surface area contributed by atoms with Crippen molar-refractivity contribution < 1.29 is 4.74 Å². The molecule has 0 aliphatic carbocycles. The van der Waals surface area contributed by atoms with Crippen LogP contribution in [0.25, 0.3) is 0 Å². The molecule has 1 aromatic carbocycles. The summed E-state index contributed by atoms with van der Waals surface area (Å²) in [7, 11) is 3.69. The number of benzene rings is 1. The van der Waals surface area contributed by atoms with Gasteiger partial charge < -0.3 is 24.4 Å². The molecule has 1 saturated heterocycles. The van der Waals surface area contributed by atoms with Crippen LogP contribution in [-0.2, 0) is 18.3 Å². The van der Waals surface area contributed by atoms with Crippen LogP contribution in [0, 0.1) is 6.92 Å². The van der Waals surface area contributed by atoms with Gasteiger partial charge in [-0.1, -0.05) is 17.7 Å². The molecule has 1 aliphatic heterocycles. The van der Waals surface area contributed by atoms with Gasteiger partial charge in [-0.25, -0.2) is 4.99 Å². The Morgan fingerprint density at radius 3 is 2.69 bits per heavy atom. The third kappa shape index (κ3) is 5.83. The minimum absolute atomic E-state index is 0.498. The summed E-state index contributed by atoms with van der Waals surface area (Å²) in [5, 5.41) is 12.6. The van der Waals surface area contributed by atoms with Gasteiger partial charge >= 0.3 is 0 Å². The van der Waals surface area contributed by atoms with E-state index in [0.717, 1.165) is 68.4 Å². The van der Waals surface area contributed by atoms with Gasteiger partial charge in [0, 0.05) is 64.2 Å². The Hall–Kier alpha value is -2.32. The maximum absolute atomic E-state index is 6.15. The number of hydrogen-bond acceptors (Lipinski definition) is 5. The number of nitrogens with zero attached hydrogens (tertiary/aromatic N) is 6. The smallest absolute Gasteiger partial charge is 0.194 e. The van der Waals surface area contributed by atoms with Crippen LogP contribution in [0.15, 0.2) is 29.3 Å². The van der Waals surface area contributed by atoms with Crippen LogP contribution in [0.5, 0.6) is 0 Å². The molecular weight excluding hydrogens is 390 g/mol. The highest BCUT2D eigenvalue weighted by Crippen LogP contribution is 2.20. The fourth-order valence-corrected chi connectivity index (χ4v) is 3.45. The van der Waals surface area contributed by atoms with Crippen molar-refractivity contribution in [3.8, 4) is 0 Å². The molecule has 1 N–H and O–H groups in total. The zero-order chi connectivity index (χ0) is 20.6. The topological polar surface area (TPSA) is 70.8 Å². The van der Waals surface area contributed by atoms with E-state index in [9.17, 15) is 0 Å². The van der Waals surface area contributed by atoms with E-state index in [4.69, 9.17) is 21.3 Å². The number of methoxy groups -OCH3 is 1. The standard InChI is InChI=1S/C20H30ClN7O/c1-16-24-25-19(26(16)2)15-23-20(22-8-5-13-29-3)28-11-9-27(10-12-28)18-7-4-6-17(21)14-18/h4,6-7,14H,5,8-13,15H2,1-3H3,(H,22,23). The Labute approximate surface area is 177 Å². The van der Waals surface area contributed by atoms with Crippen LogP contribution in [-0.4, -0.2) is 72.1 Å². The van der Waals surface area contributed by atoms with Gasteiger partial charge in [0.15, 0.2) is 11.8 Å². The molecule has 0 saturated carbocycles. The SMILES string of the molecule is COCCCNC(=NCc1nnc(C)n1C)N1CCN(c2cccc(Cl)c2)CC1. The molecule has 0 spiro atoms. The summed E-state index contributed by atoms with van der Waals surface area (Å²) < 4.78 is 7.13. The molecular formula is C20H30ClN7O. The molecule has 0 atom stereocenters. The maximum atomic E-state index is 6.15. The number of hydrogen-bond donors (Lipinski definition) is 1. The summed E-state index contributed by atoms with van der Waals surface area (Å²) in [5.41, 5.74) is 1.17. The second-order valence-electron chi connectivity index (χ2n) is 7.09. The highest BCUT2D eigenvalue weighted by atomic mass is 35.5. The van der Waals surface area contributed by atoms with E-state index in [2.05, 4.69) is 31.4 Å². The van der Waals surface area contributed by atoms with Gasteiger partial charge in [-0.05, 0) is 31.5 Å². The molecule has 9 heteroatoms. The zero-order valence-electron chi connectivity index (χ0n) is 17.4. The summed E-state index contributed by atoms with van der Waals surface area (Å²) in [4.78, 5) is 9.49. The van der Waals surface area contributed by atoms with Gasteiger partial charge in [0.1, 0.15) is 12.4 Å². The fraction of sp³-hybridized carbons (Fsp3) is 0.550. The quantitative estimate of drug-likeness (QED) is 0.421. The number of ether oxygens (including phenoxy) is 1. The molecule has 1 aromatic heterocycles. The Balaban J connectivity index is 1.64. The highest BCUT2D eigenvalue weighted by Gasteiger charge is 2.20. The molecule has 0 amide bonds. The van der Waals surface area contributed by atoms with Crippen molar-refractivity contribution in [2.45, 2.75) is 19.9 Å². The van der Waals surface area contributed by atoms with Crippen LogP contribution in [0.2, 0.25) is 5.02 Å². The second-order valence-corrected chi connectivity index (χ2v) is 7.53. The summed E-state index contributed by atoms with van der Waals surface area (Å²) in [5.74, 6) is 2.66. The summed E-state index contributed by atoms with van der Waals surface area (Å²) in [6.07, 6.45) is 0.932. The lowest BCUT2D eigenvalue weighted by atomic mass is 10.2. The lowest BCUT2D eigenvalue weighted by molar-refractivity contribution is 0.195. The highest BCUT2D eigenvalue weighted by molar-refractivity contribution is 6.30. The van der Waals surface area contributed by atoms with E-state index < -0.39 is 0 Å². The first-order chi connectivity index (χ1) is 14.1. The predicted octanol–water partition coefficient (Wildman–Crippen LogP) is 2.08. The second kappa shape index (κ2) is 10.5. The van der Waals surface area contributed by atoms with Crippen molar-refractivity contribution in [2.24, 2.45) is 12.0 Å². The first-order valence-corrected chi connectivity index (χ1v) is 10.3. The number of aryl methyl sites for hydroxylation is 1. The van der Waals surface area contributed by atoms with Crippen molar-refractivity contribution in [2.75, 3.05) is 51.3 Å². The van der Waals surface area contributed by atoms with Gasteiger partial charge in [-0.3, -0.25) is 0 Å². The number of nitrogens with one attached hydrogen (secondary N) is 1. The minimum atomic E-state index is 0.498. The molecule has 0 radical (unpaired) electrons. The summed E-state index contributed by atoms with van der Waals surface area (Å²) in [6, 6.07) is 8.03. The van der Waals surface area contributed by atoms with E-state index in [1.54, 1.807) is 7.11 Å². The third-order valence-corrected chi connectivity index (χ3v) is 5.35. The Morgan fingerprint density at radius 1 is 1.24 bits per heavy atom. The number of guanidine groups is 1. The molecule has 0 unspecified atom stereocenters. The van der Waals surface area contributed by atoms with Gasteiger partial charge in [0.05, 0.1) is 0 Å². The molecule has 2 aromatic rings. The number of rotatable bonds is 7. The first kappa shape index (κ1) is 21.4. The molecule has 0 bridgehead atoms. The van der Waals surface area contributed by atoms with E-state index in [1.807, 2.05) is 36.7 Å². The first-order valence-electron chi connectivity index (χ1n) is 9.96. The normalized spacial score (nSPS) is 15.1. The van der Waals surface area contributed by atoms with Crippen LogP contribution in [0.3, 0.4) is 0 Å². The molecule has 2 heterocycles. The van der Waals surface area contributed by atoms with Crippen molar-refractivity contribution >= 4 is 23.2 Å². The third-order valence-electron chi connectivity index (χ3n) is 5.11. The van der Waals surface area contributed by atoms with E-state index >= 15 is 0 Å².